The van der Waals surface area contributed by atoms with E-state index >= 15 is 0 Å². The summed E-state index contributed by atoms with van der Waals surface area (Å²) in [5.74, 6) is 0.690. The minimum absolute atomic E-state index is 0.260. The van der Waals surface area contributed by atoms with Crippen LogP contribution in [0, 0.1) is 5.82 Å². The lowest BCUT2D eigenvalue weighted by molar-refractivity contribution is 0.386. The minimum atomic E-state index is -0.344. The summed E-state index contributed by atoms with van der Waals surface area (Å²) in [7, 11) is 3.19. The highest BCUT2D eigenvalue weighted by Gasteiger charge is 2.06. The summed E-state index contributed by atoms with van der Waals surface area (Å²) in [4.78, 5) is 4.02. The van der Waals surface area contributed by atoms with Crippen LogP contribution >= 0.6 is 0 Å². The number of aryl methyl sites for hydroxylation is 2. The van der Waals surface area contributed by atoms with Gasteiger partial charge in [-0.2, -0.15) is 0 Å². The van der Waals surface area contributed by atoms with Crippen molar-refractivity contribution in [2.24, 2.45) is 0 Å². The van der Waals surface area contributed by atoms with Gasteiger partial charge in [0.15, 0.2) is 11.6 Å². The Kier molecular flexibility index (Phi) is 3.82. The molecule has 0 fully saturated rings. The smallest absolute Gasteiger partial charge is 0.294 e. The summed E-state index contributed by atoms with van der Waals surface area (Å²) >= 11 is 0. The topological polar surface area (TPSA) is 47.3 Å². The molecule has 0 aliphatic heterocycles. The van der Waals surface area contributed by atoms with Gasteiger partial charge in [-0.3, -0.25) is 0 Å². The summed E-state index contributed by atoms with van der Waals surface area (Å²) in [6.45, 7) is 0. The Bertz CT molecular complexity index is 525. The van der Waals surface area contributed by atoms with Crippen LogP contribution in [0.5, 0.6) is 5.75 Å². The summed E-state index contributed by atoms with van der Waals surface area (Å²) in [6.07, 6.45) is 3.05. The highest BCUT2D eigenvalue weighted by molar-refractivity contribution is 5.29. The Balaban J connectivity index is 1.99. The van der Waals surface area contributed by atoms with E-state index < -0.39 is 0 Å². The zero-order chi connectivity index (χ0) is 13.0. The fourth-order valence-corrected chi connectivity index (χ4v) is 1.67. The predicted octanol–water partition coefficient (Wildman–Crippen LogP) is 2.65. The van der Waals surface area contributed by atoms with Crippen molar-refractivity contribution < 1.29 is 13.5 Å². The third-order valence-electron chi connectivity index (χ3n) is 2.64. The molecule has 1 aromatic carbocycles. The lowest BCUT2D eigenvalue weighted by Crippen LogP contribution is -1.93. The molecule has 96 valence electrons. The molecule has 18 heavy (non-hydrogen) atoms. The number of rotatable bonds is 5. The SMILES string of the molecule is CNc1ncc(CCc2ccc(OC)c(F)c2)o1. The average molecular weight is 250 g/mol. The molecule has 0 unspecified atom stereocenters. The molecular weight excluding hydrogens is 235 g/mol. The highest BCUT2D eigenvalue weighted by atomic mass is 19.1. The zero-order valence-corrected chi connectivity index (χ0v) is 10.4. The Morgan fingerprint density at radius 3 is 2.83 bits per heavy atom. The lowest BCUT2D eigenvalue weighted by atomic mass is 10.1. The van der Waals surface area contributed by atoms with Crippen LogP contribution in [0.3, 0.4) is 0 Å². The van der Waals surface area contributed by atoms with Crippen molar-refractivity contribution in [3.63, 3.8) is 0 Å². The molecule has 0 radical (unpaired) electrons. The number of ether oxygens (including phenoxy) is 1. The molecule has 0 atom stereocenters. The predicted molar refractivity (Wildman–Crippen MR) is 66.4 cm³/mol. The second-order valence-corrected chi connectivity index (χ2v) is 3.85. The van der Waals surface area contributed by atoms with Crippen LogP contribution in [0.1, 0.15) is 11.3 Å². The molecule has 1 heterocycles. The van der Waals surface area contributed by atoms with Gasteiger partial charge in [-0.1, -0.05) is 6.07 Å². The summed E-state index contributed by atoms with van der Waals surface area (Å²) in [5.41, 5.74) is 0.899. The molecule has 0 aliphatic rings. The Labute approximate surface area is 105 Å². The molecule has 1 aromatic heterocycles. The van der Waals surface area contributed by atoms with E-state index in [0.717, 1.165) is 11.3 Å². The normalized spacial score (nSPS) is 10.4. The van der Waals surface area contributed by atoms with Crippen molar-refractivity contribution in [2.45, 2.75) is 12.8 Å². The molecule has 0 amide bonds. The third kappa shape index (κ3) is 2.80. The highest BCUT2D eigenvalue weighted by Crippen LogP contribution is 2.19. The van der Waals surface area contributed by atoms with Gasteiger partial charge in [-0.05, 0) is 24.1 Å². The molecule has 1 N–H and O–H groups in total. The molecule has 0 saturated carbocycles. The second-order valence-electron chi connectivity index (χ2n) is 3.85. The second kappa shape index (κ2) is 5.53. The van der Waals surface area contributed by atoms with Crippen molar-refractivity contribution in [2.75, 3.05) is 19.5 Å². The first-order valence-electron chi connectivity index (χ1n) is 5.68. The Morgan fingerprint density at radius 2 is 2.22 bits per heavy atom. The average Bonchev–Trinajstić information content (AvgIpc) is 2.84. The molecule has 4 nitrogen and oxygen atoms in total. The molecule has 2 rings (SSSR count). The molecule has 5 heteroatoms. The van der Waals surface area contributed by atoms with Crippen LogP contribution in [0.2, 0.25) is 0 Å². The number of benzene rings is 1. The van der Waals surface area contributed by atoms with E-state index in [1.54, 1.807) is 19.3 Å². The zero-order valence-electron chi connectivity index (χ0n) is 10.4. The summed E-state index contributed by atoms with van der Waals surface area (Å²) in [6, 6.07) is 5.45. The third-order valence-corrected chi connectivity index (χ3v) is 2.64. The van der Waals surface area contributed by atoms with Gasteiger partial charge in [0.1, 0.15) is 5.76 Å². The number of hydrogen-bond donors (Lipinski definition) is 1. The number of aromatic nitrogens is 1. The van der Waals surface area contributed by atoms with Crippen LogP contribution in [-0.2, 0) is 12.8 Å². The Morgan fingerprint density at radius 1 is 1.39 bits per heavy atom. The fraction of sp³-hybridized carbons (Fsp3) is 0.308. The molecule has 0 spiro atoms. The van der Waals surface area contributed by atoms with Gasteiger partial charge in [0.2, 0.25) is 0 Å². The van der Waals surface area contributed by atoms with Gasteiger partial charge in [-0.15, -0.1) is 0 Å². The van der Waals surface area contributed by atoms with E-state index in [2.05, 4.69) is 10.3 Å². The minimum Gasteiger partial charge on any atom is -0.494 e. The van der Waals surface area contributed by atoms with E-state index in [0.29, 0.717) is 18.9 Å². The number of anilines is 1. The number of oxazole rings is 1. The number of hydrogen-bond acceptors (Lipinski definition) is 4. The number of nitrogens with one attached hydrogen (secondary N) is 1. The van der Waals surface area contributed by atoms with Gasteiger partial charge in [0.05, 0.1) is 13.3 Å². The van der Waals surface area contributed by atoms with Gasteiger partial charge < -0.3 is 14.5 Å². The molecule has 0 saturated heterocycles. The first-order chi connectivity index (χ1) is 8.72. The van der Waals surface area contributed by atoms with Gasteiger partial charge >= 0.3 is 0 Å². The van der Waals surface area contributed by atoms with Crippen molar-refractivity contribution in [1.82, 2.24) is 4.98 Å². The van der Waals surface area contributed by atoms with Crippen LogP contribution < -0.4 is 10.1 Å². The van der Waals surface area contributed by atoms with Crippen molar-refractivity contribution >= 4 is 6.01 Å². The van der Waals surface area contributed by atoms with E-state index in [4.69, 9.17) is 9.15 Å². The largest absolute Gasteiger partial charge is 0.494 e. The summed E-state index contributed by atoms with van der Waals surface area (Å²) in [5, 5.41) is 2.82. The van der Waals surface area contributed by atoms with Crippen molar-refractivity contribution in [3.05, 3.63) is 41.5 Å². The molecule has 0 aliphatic carbocycles. The maximum absolute atomic E-state index is 13.5. The first kappa shape index (κ1) is 12.4. The molecule has 2 aromatic rings. The lowest BCUT2D eigenvalue weighted by Gasteiger charge is -2.04. The van der Waals surface area contributed by atoms with Crippen LogP contribution in [0.4, 0.5) is 10.4 Å². The number of methoxy groups -OCH3 is 1. The van der Waals surface area contributed by atoms with Crippen LogP contribution in [0.25, 0.3) is 0 Å². The van der Waals surface area contributed by atoms with E-state index in [-0.39, 0.29) is 11.6 Å². The van der Waals surface area contributed by atoms with Gasteiger partial charge in [0.25, 0.3) is 6.01 Å². The monoisotopic (exact) mass is 250 g/mol. The first-order valence-corrected chi connectivity index (χ1v) is 5.68. The summed E-state index contributed by atoms with van der Waals surface area (Å²) < 4.78 is 23.7. The van der Waals surface area contributed by atoms with Crippen molar-refractivity contribution in [3.8, 4) is 5.75 Å². The maximum atomic E-state index is 13.5. The van der Waals surface area contributed by atoms with Gasteiger partial charge in [-0.25, -0.2) is 9.37 Å². The number of halogens is 1. The van der Waals surface area contributed by atoms with Gasteiger partial charge in [0, 0.05) is 13.5 Å². The standard InChI is InChI=1S/C13H15FN2O2/c1-15-13-16-8-10(18-13)5-3-9-4-6-12(17-2)11(14)7-9/h4,6-8H,3,5H2,1-2H3,(H,15,16). The Hall–Kier alpha value is -2.04. The fourth-order valence-electron chi connectivity index (χ4n) is 1.67. The van der Waals surface area contributed by atoms with Crippen molar-refractivity contribution in [1.29, 1.82) is 0 Å². The molecular formula is C13H15FN2O2. The van der Waals surface area contributed by atoms with E-state index in [9.17, 15) is 4.39 Å². The van der Waals surface area contributed by atoms with Crippen LogP contribution in [0.15, 0.2) is 28.8 Å². The quantitative estimate of drug-likeness (QED) is 0.886. The molecule has 0 bridgehead atoms. The number of nitrogens with zero attached hydrogens (tertiary/aromatic N) is 1. The maximum Gasteiger partial charge on any atom is 0.294 e. The van der Waals surface area contributed by atoms with E-state index in [1.807, 2.05) is 6.07 Å². The van der Waals surface area contributed by atoms with E-state index in [1.165, 1.54) is 13.2 Å². The van der Waals surface area contributed by atoms with Crippen LogP contribution in [-0.4, -0.2) is 19.1 Å².